The van der Waals surface area contributed by atoms with Crippen LogP contribution in [0.1, 0.15) is 32.5 Å². The fourth-order valence-corrected chi connectivity index (χ4v) is 4.61. The average molecular weight is 506 g/mol. The molecular formula is C27H21Cl2N3O3. The Morgan fingerprint density at radius 2 is 1.57 bits per heavy atom. The molecule has 0 radical (unpaired) electrons. The van der Waals surface area contributed by atoms with Crippen molar-refractivity contribution in [1.82, 2.24) is 14.8 Å². The van der Waals surface area contributed by atoms with Gasteiger partial charge in [-0.15, -0.1) is 0 Å². The lowest BCUT2D eigenvalue weighted by Gasteiger charge is -2.41. The van der Waals surface area contributed by atoms with Crippen molar-refractivity contribution >= 4 is 35.0 Å². The molecule has 0 bridgehead atoms. The number of hydrogen-bond acceptors (Lipinski definition) is 4. The van der Waals surface area contributed by atoms with Crippen LogP contribution in [0.15, 0.2) is 89.5 Å². The van der Waals surface area contributed by atoms with Crippen molar-refractivity contribution in [2.45, 2.75) is 6.04 Å². The summed E-state index contributed by atoms with van der Waals surface area (Å²) in [4.78, 5) is 34.5. The van der Waals surface area contributed by atoms with Gasteiger partial charge in [0.05, 0.1) is 12.2 Å². The molecule has 1 aromatic heterocycles. The summed E-state index contributed by atoms with van der Waals surface area (Å²) in [6.45, 7) is 0.951. The second-order valence-corrected chi connectivity index (χ2v) is 9.03. The monoisotopic (exact) mass is 505 g/mol. The van der Waals surface area contributed by atoms with E-state index >= 15 is 0 Å². The predicted octanol–water partition coefficient (Wildman–Crippen LogP) is 5.99. The zero-order chi connectivity index (χ0) is 24.4. The normalized spacial score (nSPS) is 15.8. The van der Waals surface area contributed by atoms with Gasteiger partial charge in [0.1, 0.15) is 0 Å². The maximum atomic E-state index is 13.4. The van der Waals surface area contributed by atoms with Gasteiger partial charge in [-0.2, -0.15) is 0 Å². The first-order chi connectivity index (χ1) is 17.0. The minimum atomic E-state index is -0.430. The fourth-order valence-electron chi connectivity index (χ4n) is 4.22. The molecule has 0 aliphatic carbocycles. The van der Waals surface area contributed by atoms with Crippen molar-refractivity contribution < 1.29 is 14.0 Å². The van der Waals surface area contributed by atoms with Crippen LogP contribution in [0, 0.1) is 0 Å². The number of benzene rings is 3. The van der Waals surface area contributed by atoms with Crippen LogP contribution in [-0.2, 0) is 0 Å². The maximum Gasteiger partial charge on any atom is 0.291 e. The van der Waals surface area contributed by atoms with Crippen molar-refractivity contribution in [2.75, 3.05) is 19.6 Å². The molecule has 0 N–H and O–H groups in total. The molecule has 2 amide bonds. The highest BCUT2D eigenvalue weighted by molar-refractivity contribution is 6.31. The molecule has 1 unspecified atom stereocenters. The van der Waals surface area contributed by atoms with Crippen LogP contribution in [0.2, 0.25) is 10.0 Å². The minimum Gasteiger partial charge on any atom is -0.431 e. The predicted molar refractivity (Wildman–Crippen MR) is 135 cm³/mol. The third-order valence-electron chi connectivity index (χ3n) is 6.02. The van der Waals surface area contributed by atoms with E-state index in [9.17, 15) is 9.59 Å². The molecule has 1 aliphatic rings. The summed E-state index contributed by atoms with van der Waals surface area (Å²) in [5, 5.41) is 1.09. The van der Waals surface area contributed by atoms with Crippen molar-refractivity contribution in [2.24, 2.45) is 0 Å². The summed E-state index contributed by atoms with van der Waals surface area (Å²) in [7, 11) is 0. The minimum absolute atomic E-state index is 0.148. The van der Waals surface area contributed by atoms with E-state index in [0.717, 1.165) is 11.1 Å². The summed E-state index contributed by atoms with van der Waals surface area (Å²) >= 11 is 12.5. The van der Waals surface area contributed by atoms with Gasteiger partial charge in [-0.3, -0.25) is 9.59 Å². The number of amides is 2. The molecule has 0 saturated carbocycles. The molecule has 6 nitrogen and oxygen atoms in total. The quantitative estimate of drug-likeness (QED) is 0.341. The Morgan fingerprint density at radius 3 is 2.31 bits per heavy atom. The highest BCUT2D eigenvalue weighted by Crippen LogP contribution is 2.33. The SMILES string of the molecule is O=C(c1cnc(-c2ccccc2)o1)N1CCN(C(=O)c2ccc(Cl)cc2)C(c2ccccc2Cl)C1. The maximum absolute atomic E-state index is 13.4. The topological polar surface area (TPSA) is 66.7 Å². The standard InChI is InChI=1S/C27H21Cl2N3O3/c28-20-12-10-19(11-13-20)26(33)32-15-14-31(17-23(32)21-8-4-5-9-22(21)29)27(34)24-16-30-25(35-24)18-6-2-1-3-7-18/h1-13,16,23H,14-15,17H2. The van der Waals surface area contributed by atoms with Gasteiger partial charge >= 0.3 is 0 Å². The van der Waals surface area contributed by atoms with E-state index in [0.29, 0.717) is 34.6 Å². The van der Waals surface area contributed by atoms with Crippen LogP contribution in [0.3, 0.4) is 0 Å². The molecule has 8 heteroatoms. The molecule has 176 valence electrons. The molecule has 1 atom stereocenters. The van der Waals surface area contributed by atoms with E-state index in [-0.39, 0.29) is 24.1 Å². The fraction of sp³-hybridized carbons (Fsp3) is 0.148. The van der Waals surface area contributed by atoms with E-state index < -0.39 is 6.04 Å². The zero-order valence-corrected chi connectivity index (χ0v) is 20.1. The molecule has 0 spiro atoms. The van der Waals surface area contributed by atoms with Gasteiger partial charge in [0.15, 0.2) is 0 Å². The summed E-state index contributed by atoms with van der Waals surface area (Å²) in [6.07, 6.45) is 1.44. The van der Waals surface area contributed by atoms with Gasteiger partial charge in [-0.25, -0.2) is 4.98 Å². The number of piperazine rings is 1. The first kappa shape index (κ1) is 23.1. The van der Waals surface area contributed by atoms with Gasteiger partial charge in [0.2, 0.25) is 11.7 Å². The molecule has 3 aromatic carbocycles. The molecule has 4 aromatic rings. The third kappa shape index (κ3) is 4.81. The number of hydrogen-bond donors (Lipinski definition) is 0. The van der Waals surface area contributed by atoms with Gasteiger partial charge < -0.3 is 14.2 Å². The lowest BCUT2D eigenvalue weighted by atomic mass is 10.0. The summed E-state index contributed by atoms with van der Waals surface area (Å²) in [5.74, 6) is 0.104. The Labute approximate surface area is 212 Å². The van der Waals surface area contributed by atoms with Gasteiger partial charge in [-0.1, -0.05) is 59.6 Å². The molecular weight excluding hydrogens is 485 g/mol. The molecule has 2 heterocycles. The number of nitrogens with zero attached hydrogens (tertiary/aromatic N) is 3. The van der Waals surface area contributed by atoms with Crippen LogP contribution >= 0.6 is 23.2 Å². The van der Waals surface area contributed by atoms with E-state index in [1.807, 2.05) is 48.5 Å². The number of halogens is 2. The summed E-state index contributed by atoms with van der Waals surface area (Å²) in [6, 6.07) is 23.1. The number of carbonyl (C=O) groups is 2. The summed E-state index contributed by atoms with van der Waals surface area (Å²) in [5.41, 5.74) is 2.09. The van der Waals surface area contributed by atoms with Crippen molar-refractivity contribution in [1.29, 1.82) is 0 Å². The number of oxazole rings is 1. The Balaban J connectivity index is 1.42. The van der Waals surface area contributed by atoms with Crippen LogP contribution in [-0.4, -0.2) is 46.2 Å². The zero-order valence-electron chi connectivity index (χ0n) is 18.6. The van der Waals surface area contributed by atoms with Crippen LogP contribution in [0.5, 0.6) is 0 Å². The number of carbonyl (C=O) groups excluding carboxylic acids is 2. The first-order valence-corrected chi connectivity index (χ1v) is 11.9. The Kier molecular flexibility index (Phi) is 6.57. The second kappa shape index (κ2) is 9.94. The van der Waals surface area contributed by atoms with Crippen molar-refractivity contribution in [3.63, 3.8) is 0 Å². The average Bonchev–Trinajstić information content (AvgIpc) is 3.39. The Bertz CT molecular complexity index is 1360. The van der Waals surface area contributed by atoms with Crippen molar-refractivity contribution in [3.05, 3.63) is 112 Å². The van der Waals surface area contributed by atoms with E-state index in [1.54, 1.807) is 40.1 Å². The largest absolute Gasteiger partial charge is 0.431 e. The lowest BCUT2D eigenvalue weighted by Crippen LogP contribution is -2.52. The lowest BCUT2D eigenvalue weighted by molar-refractivity contribution is 0.0369. The van der Waals surface area contributed by atoms with Crippen LogP contribution < -0.4 is 0 Å². The van der Waals surface area contributed by atoms with Crippen molar-refractivity contribution in [3.8, 4) is 11.5 Å². The van der Waals surface area contributed by atoms with Gasteiger partial charge in [-0.05, 0) is 48.0 Å². The van der Waals surface area contributed by atoms with E-state index in [1.165, 1.54) is 6.20 Å². The first-order valence-electron chi connectivity index (χ1n) is 11.1. The van der Waals surface area contributed by atoms with Crippen LogP contribution in [0.4, 0.5) is 0 Å². The van der Waals surface area contributed by atoms with Gasteiger partial charge in [0.25, 0.3) is 11.8 Å². The number of aromatic nitrogens is 1. The summed E-state index contributed by atoms with van der Waals surface area (Å²) < 4.78 is 5.78. The Hall–Kier alpha value is -3.61. The molecule has 1 saturated heterocycles. The third-order valence-corrected chi connectivity index (χ3v) is 6.62. The molecule has 5 rings (SSSR count). The molecule has 1 fully saturated rings. The van der Waals surface area contributed by atoms with E-state index in [4.69, 9.17) is 27.6 Å². The Morgan fingerprint density at radius 1 is 0.857 bits per heavy atom. The highest BCUT2D eigenvalue weighted by Gasteiger charge is 2.36. The van der Waals surface area contributed by atoms with E-state index in [2.05, 4.69) is 4.98 Å². The molecule has 35 heavy (non-hydrogen) atoms. The molecule has 1 aliphatic heterocycles. The highest BCUT2D eigenvalue weighted by atomic mass is 35.5. The second-order valence-electron chi connectivity index (χ2n) is 8.19. The van der Waals surface area contributed by atoms with Gasteiger partial charge in [0, 0.05) is 40.8 Å². The smallest absolute Gasteiger partial charge is 0.291 e. The number of rotatable bonds is 4. The van der Waals surface area contributed by atoms with Crippen LogP contribution in [0.25, 0.3) is 11.5 Å².